The second kappa shape index (κ2) is 15.2. The number of furan rings is 2. The third-order valence-corrected chi connectivity index (χ3v) is 14.7. The third-order valence-electron chi connectivity index (χ3n) is 14.7. The standard InChI is InChI=1S/C65H43NO2/c1-3-18-45(19-4-1)65(46-20-5-2-6-21-46)56-28-12-9-25-54(56)62-57(65)29-16-31-59(62)66(47-37-33-42(34-38-47)44-36-40-61-55(41-44)50-24-11-14-32-60(50)67-61)58-30-13-10-23-49(58)51-26-15-27-52-53-39-35-43-17-7-8-22-48(43)63(53)68-64(51)52/h1-37,39-41,47H,38H2. The fourth-order valence-corrected chi connectivity index (χ4v) is 11.7. The summed E-state index contributed by atoms with van der Waals surface area (Å²) in [6.45, 7) is 0. The lowest BCUT2D eigenvalue weighted by atomic mass is 9.68. The predicted octanol–water partition coefficient (Wildman–Crippen LogP) is 17.2. The quantitative estimate of drug-likeness (QED) is 0.160. The van der Waals surface area contributed by atoms with Crippen LogP contribution in [0.25, 0.3) is 82.5 Å². The molecule has 2 heterocycles. The van der Waals surface area contributed by atoms with Crippen LogP contribution in [0.15, 0.2) is 252 Å². The van der Waals surface area contributed by atoms with Crippen molar-refractivity contribution in [1.29, 1.82) is 0 Å². The van der Waals surface area contributed by atoms with E-state index >= 15 is 0 Å². The molecule has 0 saturated heterocycles. The molecule has 2 aromatic heterocycles. The van der Waals surface area contributed by atoms with Crippen LogP contribution < -0.4 is 4.90 Å². The molecule has 0 aliphatic heterocycles. The van der Waals surface area contributed by atoms with Crippen LogP contribution in [0.3, 0.4) is 0 Å². The van der Waals surface area contributed by atoms with Gasteiger partial charge in [-0.15, -0.1) is 0 Å². The number of allylic oxidation sites excluding steroid dienone is 2. The lowest BCUT2D eigenvalue weighted by Gasteiger charge is -2.37. The highest BCUT2D eigenvalue weighted by atomic mass is 16.3. The molecule has 12 aromatic rings. The highest BCUT2D eigenvalue weighted by molar-refractivity contribution is 6.18. The molecule has 14 rings (SSSR count). The van der Waals surface area contributed by atoms with Crippen LogP contribution in [0.4, 0.5) is 11.4 Å². The Morgan fingerprint density at radius 2 is 1.06 bits per heavy atom. The minimum Gasteiger partial charge on any atom is -0.456 e. The molecule has 0 N–H and O–H groups in total. The summed E-state index contributed by atoms with van der Waals surface area (Å²) in [6.07, 6.45) is 7.95. The molecule has 0 radical (unpaired) electrons. The molecule has 2 aliphatic carbocycles. The Labute approximate surface area is 394 Å². The van der Waals surface area contributed by atoms with E-state index in [9.17, 15) is 0 Å². The third kappa shape index (κ3) is 5.66. The van der Waals surface area contributed by atoms with Gasteiger partial charge in [0, 0.05) is 55.0 Å². The molecule has 10 aromatic carbocycles. The van der Waals surface area contributed by atoms with Crippen molar-refractivity contribution in [3.8, 4) is 22.3 Å². The molecule has 3 nitrogen and oxygen atoms in total. The molecule has 320 valence electrons. The first-order chi connectivity index (χ1) is 33.7. The van der Waals surface area contributed by atoms with E-state index in [0.29, 0.717) is 0 Å². The van der Waals surface area contributed by atoms with E-state index in [4.69, 9.17) is 8.83 Å². The summed E-state index contributed by atoms with van der Waals surface area (Å²) in [5, 5.41) is 6.80. The molecule has 3 heteroatoms. The number of rotatable bonds is 7. The number of para-hydroxylation sites is 3. The highest BCUT2D eigenvalue weighted by Crippen LogP contribution is 2.59. The van der Waals surface area contributed by atoms with E-state index in [1.807, 2.05) is 12.1 Å². The molecule has 1 unspecified atom stereocenters. The fourth-order valence-electron chi connectivity index (χ4n) is 11.7. The zero-order valence-corrected chi connectivity index (χ0v) is 37.1. The summed E-state index contributed by atoms with van der Waals surface area (Å²) >= 11 is 0. The molecule has 1 atom stereocenters. The van der Waals surface area contributed by atoms with Gasteiger partial charge < -0.3 is 13.7 Å². The van der Waals surface area contributed by atoms with Crippen LogP contribution in [0.2, 0.25) is 0 Å². The van der Waals surface area contributed by atoms with Gasteiger partial charge in [-0.25, -0.2) is 0 Å². The van der Waals surface area contributed by atoms with E-state index in [1.54, 1.807) is 0 Å². The average molecular weight is 870 g/mol. The van der Waals surface area contributed by atoms with Crippen LogP contribution in [0.5, 0.6) is 0 Å². The van der Waals surface area contributed by atoms with Crippen molar-refractivity contribution in [3.63, 3.8) is 0 Å². The van der Waals surface area contributed by atoms with Gasteiger partial charge in [0.1, 0.15) is 22.3 Å². The van der Waals surface area contributed by atoms with Crippen molar-refractivity contribution in [2.45, 2.75) is 17.9 Å². The first-order valence-corrected chi connectivity index (χ1v) is 23.6. The number of hydrogen-bond donors (Lipinski definition) is 0. The summed E-state index contributed by atoms with van der Waals surface area (Å²) in [6, 6.07) is 81.6. The van der Waals surface area contributed by atoms with Gasteiger partial charge in [-0.3, -0.25) is 0 Å². The Balaban J connectivity index is 0.994. The van der Waals surface area contributed by atoms with Gasteiger partial charge in [-0.05, 0) is 87.2 Å². The van der Waals surface area contributed by atoms with Crippen molar-refractivity contribution in [1.82, 2.24) is 0 Å². The lowest BCUT2D eigenvalue weighted by molar-refractivity contribution is 0.669. The van der Waals surface area contributed by atoms with Crippen molar-refractivity contribution in [2.75, 3.05) is 4.90 Å². The smallest absolute Gasteiger partial charge is 0.143 e. The topological polar surface area (TPSA) is 29.5 Å². The summed E-state index contributed by atoms with van der Waals surface area (Å²) in [5.41, 5.74) is 17.5. The van der Waals surface area contributed by atoms with Gasteiger partial charge in [0.15, 0.2) is 0 Å². The molecule has 0 amide bonds. The minimum absolute atomic E-state index is 0.0284. The summed E-state index contributed by atoms with van der Waals surface area (Å²) in [4.78, 5) is 2.62. The molecule has 0 bridgehead atoms. The Kier molecular flexibility index (Phi) is 8.63. The second-order valence-electron chi connectivity index (χ2n) is 18.2. The molecule has 68 heavy (non-hydrogen) atoms. The van der Waals surface area contributed by atoms with Crippen LogP contribution in [-0.2, 0) is 5.41 Å². The second-order valence-corrected chi connectivity index (χ2v) is 18.2. The maximum absolute atomic E-state index is 7.05. The van der Waals surface area contributed by atoms with Crippen LogP contribution >= 0.6 is 0 Å². The Hall–Kier alpha value is -8.66. The molecule has 0 saturated carbocycles. The molecular formula is C65H43NO2. The van der Waals surface area contributed by atoms with Crippen molar-refractivity contribution in [2.24, 2.45) is 0 Å². The van der Waals surface area contributed by atoms with Gasteiger partial charge in [0.25, 0.3) is 0 Å². The van der Waals surface area contributed by atoms with Crippen LogP contribution in [0.1, 0.15) is 34.2 Å². The molecule has 0 fully saturated rings. The lowest BCUT2D eigenvalue weighted by Crippen LogP contribution is -2.32. The van der Waals surface area contributed by atoms with E-state index in [1.165, 1.54) is 49.9 Å². The van der Waals surface area contributed by atoms with Crippen LogP contribution in [0, 0.1) is 0 Å². The monoisotopic (exact) mass is 869 g/mol. The van der Waals surface area contributed by atoms with E-state index in [0.717, 1.165) is 78.2 Å². The normalized spacial score (nSPS) is 15.0. The molecule has 2 aliphatic rings. The number of anilines is 2. The van der Waals surface area contributed by atoms with Crippen molar-refractivity contribution in [3.05, 3.63) is 271 Å². The fraction of sp³-hybridized carbons (Fsp3) is 0.0462. The highest BCUT2D eigenvalue weighted by Gasteiger charge is 2.47. The number of benzene rings is 10. The average Bonchev–Trinajstić information content (AvgIpc) is 4.09. The largest absolute Gasteiger partial charge is 0.456 e. The number of fused-ring (bicyclic) bond motifs is 11. The van der Waals surface area contributed by atoms with E-state index in [2.05, 4.69) is 235 Å². The minimum atomic E-state index is -0.538. The number of nitrogens with zero attached hydrogens (tertiary/aromatic N) is 1. The Morgan fingerprint density at radius 3 is 1.88 bits per heavy atom. The summed E-state index contributed by atoms with van der Waals surface area (Å²) < 4.78 is 13.3. The zero-order chi connectivity index (χ0) is 44.8. The SMILES string of the molecule is C1=CC(N(c2ccccc2-c2cccc3c2oc2c4ccccc4ccc32)c2cccc3c2-c2ccccc2C3(c2ccccc2)c2ccccc2)CC=C1c1ccc2oc3ccccc3c2c1. The van der Waals surface area contributed by atoms with Gasteiger partial charge in [0.2, 0.25) is 0 Å². The Bertz CT molecular complexity index is 3980. The first kappa shape index (κ1) is 38.6. The van der Waals surface area contributed by atoms with Crippen molar-refractivity contribution < 1.29 is 8.83 Å². The van der Waals surface area contributed by atoms with Crippen molar-refractivity contribution >= 4 is 71.6 Å². The maximum atomic E-state index is 7.05. The van der Waals surface area contributed by atoms with Gasteiger partial charge in [-0.1, -0.05) is 206 Å². The molecular weight excluding hydrogens is 827 g/mol. The Morgan fingerprint density at radius 1 is 0.426 bits per heavy atom. The van der Waals surface area contributed by atoms with Gasteiger partial charge >= 0.3 is 0 Å². The van der Waals surface area contributed by atoms with E-state index in [-0.39, 0.29) is 6.04 Å². The first-order valence-electron chi connectivity index (χ1n) is 23.6. The summed E-state index contributed by atoms with van der Waals surface area (Å²) in [5.74, 6) is 0. The summed E-state index contributed by atoms with van der Waals surface area (Å²) in [7, 11) is 0. The van der Waals surface area contributed by atoms with Crippen LogP contribution in [-0.4, -0.2) is 6.04 Å². The van der Waals surface area contributed by atoms with Gasteiger partial charge in [0.05, 0.1) is 11.5 Å². The van der Waals surface area contributed by atoms with Gasteiger partial charge in [-0.2, -0.15) is 0 Å². The van der Waals surface area contributed by atoms with E-state index < -0.39 is 5.41 Å². The predicted molar refractivity (Wildman–Crippen MR) is 282 cm³/mol. The maximum Gasteiger partial charge on any atom is 0.143 e. The molecule has 0 spiro atoms. The number of hydrogen-bond acceptors (Lipinski definition) is 3. The zero-order valence-electron chi connectivity index (χ0n) is 37.1.